The van der Waals surface area contributed by atoms with E-state index in [0.717, 1.165) is 12.8 Å². The van der Waals surface area contributed by atoms with Crippen molar-refractivity contribution in [2.75, 3.05) is 0 Å². The Balaban J connectivity index is 2.24. The van der Waals surface area contributed by atoms with Gasteiger partial charge in [0.15, 0.2) is 0 Å². The fourth-order valence-electron chi connectivity index (χ4n) is 1.85. The van der Waals surface area contributed by atoms with Gasteiger partial charge in [-0.05, 0) is 37.0 Å². The van der Waals surface area contributed by atoms with Crippen molar-refractivity contribution in [2.45, 2.75) is 25.3 Å². The molecule has 0 spiro atoms. The van der Waals surface area contributed by atoms with E-state index in [-0.39, 0.29) is 17.6 Å². The molecule has 2 rings (SSSR count). The van der Waals surface area contributed by atoms with Crippen molar-refractivity contribution >= 4 is 0 Å². The maximum Gasteiger partial charge on any atom is 0.123 e. The Morgan fingerprint density at radius 1 is 1.43 bits per heavy atom. The molecule has 3 heteroatoms. The van der Waals surface area contributed by atoms with Gasteiger partial charge < -0.3 is 10.8 Å². The number of halogens is 1. The topological polar surface area (TPSA) is 46.2 Å². The van der Waals surface area contributed by atoms with Crippen LogP contribution in [0.25, 0.3) is 0 Å². The molecule has 2 nitrogen and oxygen atoms in total. The third-order valence-electron chi connectivity index (χ3n) is 3.01. The first-order valence-corrected chi connectivity index (χ1v) is 4.92. The number of benzene rings is 1. The molecule has 0 radical (unpaired) electrons. The van der Waals surface area contributed by atoms with Crippen molar-refractivity contribution in [3.8, 4) is 5.75 Å². The molecule has 14 heavy (non-hydrogen) atoms. The molecule has 0 bridgehead atoms. The smallest absolute Gasteiger partial charge is 0.123 e. The number of nitrogens with two attached hydrogens (primary N) is 1. The highest BCUT2D eigenvalue weighted by Gasteiger charge is 2.27. The van der Waals surface area contributed by atoms with Crippen LogP contribution in [0.4, 0.5) is 4.39 Å². The van der Waals surface area contributed by atoms with E-state index in [1.165, 1.54) is 24.6 Å². The van der Waals surface area contributed by atoms with Crippen LogP contribution in [0.3, 0.4) is 0 Å². The maximum absolute atomic E-state index is 12.9. The van der Waals surface area contributed by atoms with Gasteiger partial charge in [0, 0.05) is 11.6 Å². The molecule has 3 N–H and O–H groups in total. The summed E-state index contributed by atoms with van der Waals surface area (Å²) in [5.41, 5.74) is 6.48. The van der Waals surface area contributed by atoms with Gasteiger partial charge in [-0.25, -0.2) is 4.39 Å². The molecular weight excluding hydrogens is 181 g/mol. The van der Waals surface area contributed by atoms with E-state index in [2.05, 4.69) is 0 Å². The predicted octanol–water partition coefficient (Wildman–Crippen LogP) is 2.33. The Bertz CT molecular complexity index is 336. The second kappa shape index (κ2) is 3.58. The zero-order chi connectivity index (χ0) is 10.1. The van der Waals surface area contributed by atoms with E-state index in [0.29, 0.717) is 11.5 Å². The lowest BCUT2D eigenvalue weighted by atomic mass is 9.77. The highest BCUT2D eigenvalue weighted by atomic mass is 19.1. The Hall–Kier alpha value is -1.09. The number of phenols is 1. The molecule has 1 atom stereocenters. The van der Waals surface area contributed by atoms with E-state index < -0.39 is 0 Å². The average Bonchev–Trinajstić information content (AvgIpc) is 2.06. The molecule has 0 heterocycles. The van der Waals surface area contributed by atoms with Gasteiger partial charge in [-0.3, -0.25) is 0 Å². The monoisotopic (exact) mass is 195 g/mol. The normalized spacial score (nSPS) is 19.0. The van der Waals surface area contributed by atoms with Gasteiger partial charge in [0.2, 0.25) is 0 Å². The summed E-state index contributed by atoms with van der Waals surface area (Å²) in [5, 5.41) is 9.53. The van der Waals surface area contributed by atoms with Crippen molar-refractivity contribution in [2.24, 2.45) is 11.7 Å². The quantitative estimate of drug-likeness (QED) is 0.760. The van der Waals surface area contributed by atoms with Crippen LogP contribution in [-0.4, -0.2) is 5.11 Å². The molecule has 0 aliphatic heterocycles. The first-order valence-electron chi connectivity index (χ1n) is 4.92. The molecule has 0 amide bonds. The van der Waals surface area contributed by atoms with Crippen molar-refractivity contribution in [1.82, 2.24) is 0 Å². The zero-order valence-electron chi connectivity index (χ0n) is 7.91. The standard InChI is InChI=1S/C11H14FNO/c12-8-4-5-10(14)9(6-8)11(13)7-2-1-3-7/h4-7,11,14H,1-3,13H2/t11-/m0/s1. The second-order valence-electron chi connectivity index (χ2n) is 3.92. The van der Waals surface area contributed by atoms with Crippen LogP contribution in [0.1, 0.15) is 30.9 Å². The van der Waals surface area contributed by atoms with Crippen LogP contribution in [0.2, 0.25) is 0 Å². The molecule has 76 valence electrons. The predicted molar refractivity (Wildman–Crippen MR) is 52.3 cm³/mol. The summed E-state index contributed by atoms with van der Waals surface area (Å²) in [5.74, 6) is 0.168. The number of rotatable bonds is 2. The van der Waals surface area contributed by atoms with Crippen molar-refractivity contribution in [3.63, 3.8) is 0 Å². The molecule has 1 saturated carbocycles. The van der Waals surface area contributed by atoms with Crippen LogP contribution < -0.4 is 5.73 Å². The van der Waals surface area contributed by atoms with Gasteiger partial charge in [0.1, 0.15) is 11.6 Å². The molecule has 0 saturated heterocycles. The van der Waals surface area contributed by atoms with E-state index in [4.69, 9.17) is 5.73 Å². The van der Waals surface area contributed by atoms with Gasteiger partial charge >= 0.3 is 0 Å². The number of aromatic hydroxyl groups is 1. The first-order chi connectivity index (χ1) is 6.68. The third-order valence-corrected chi connectivity index (χ3v) is 3.01. The largest absolute Gasteiger partial charge is 0.508 e. The molecule has 1 aliphatic carbocycles. The lowest BCUT2D eigenvalue weighted by molar-refractivity contribution is 0.260. The highest BCUT2D eigenvalue weighted by Crippen LogP contribution is 2.38. The summed E-state index contributed by atoms with van der Waals surface area (Å²) in [6, 6.07) is 3.72. The summed E-state index contributed by atoms with van der Waals surface area (Å²) in [6.07, 6.45) is 3.35. The highest BCUT2D eigenvalue weighted by molar-refractivity contribution is 5.35. The van der Waals surface area contributed by atoms with Gasteiger partial charge in [0.25, 0.3) is 0 Å². The minimum Gasteiger partial charge on any atom is -0.508 e. The Labute approximate surface area is 82.5 Å². The summed E-state index contributed by atoms with van der Waals surface area (Å²) < 4.78 is 12.9. The minimum atomic E-state index is -0.340. The molecule has 1 aromatic carbocycles. The van der Waals surface area contributed by atoms with Gasteiger partial charge in [0.05, 0.1) is 0 Å². The van der Waals surface area contributed by atoms with Gasteiger partial charge in [-0.1, -0.05) is 6.42 Å². The lowest BCUT2D eigenvalue weighted by Crippen LogP contribution is -2.26. The Morgan fingerprint density at radius 3 is 2.71 bits per heavy atom. The fraction of sp³-hybridized carbons (Fsp3) is 0.455. The van der Waals surface area contributed by atoms with Gasteiger partial charge in [-0.2, -0.15) is 0 Å². The fourth-order valence-corrected chi connectivity index (χ4v) is 1.85. The number of phenolic OH excluding ortho intramolecular Hbond substituents is 1. The van der Waals surface area contributed by atoms with Crippen LogP contribution in [0, 0.1) is 11.7 Å². The Morgan fingerprint density at radius 2 is 2.14 bits per heavy atom. The molecule has 1 fully saturated rings. The summed E-state index contributed by atoms with van der Waals surface area (Å²) in [6.45, 7) is 0. The Kier molecular flexibility index (Phi) is 2.42. The maximum atomic E-state index is 12.9. The average molecular weight is 195 g/mol. The van der Waals surface area contributed by atoms with E-state index >= 15 is 0 Å². The van der Waals surface area contributed by atoms with Crippen molar-refractivity contribution in [1.29, 1.82) is 0 Å². The van der Waals surface area contributed by atoms with E-state index in [1.807, 2.05) is 0 Å². The molecule has 0 aromatic heterocycles. The molecule has 0 unspecified atom stereocenters. The van der Waals surface area contributed by atoms with Crippen LogP contribution >= 0.6 is 0 Å². The summed E-state index contributed by atoms with van der Waals surface area (Å²) >= 11 is 0. The first kappa shape index (κ1) is 9.46. The van der Waals surface area contributed by atoms with Crippen LogP contribution in [0.15, 0.2) is 18.2 Å². The van der Waals surface area contributed by atoms with Crippen LogP contribution in [-0.2, 0) is 0 Å². The SMILES string of the molecule is N[C@H](c1cc(F)ccc1O)C1CCC1. The summed E-state index contributed by atoms with van der Waals surface area (Å²) in [7, 11) is 0. The minimum absolute atomic E-state index is 0.103. The van der Waals surface area contributed by atoms with Crippen LogP contribution in [0.5, 0.6) is 5.75 Å². The third kappa shape index (κ3) is 1.60. The number of hydrogen-bond donors (Lipinski definition) is 2. The van der Waals surface area contributed by atoms with E-state index in [9.17, 15) is 9.50 Å². The zero-order valence-corrected chi connectivity index (χ0v) is 7.91. The molecule has 1 aromatic rings. The lowest BCUT2D eigenvalue weighted by Gasteiger charge is -2.31. The van der Waals surface area contributed by atoms with Crippen molar-refractivity contribution < 1.29 is 9.50 Å². The number of hydrogen-bond acceptors (Lipinski definition) is 2. The molecular formula is C11H14FNO. The molecule has 1 aliphatic rings. The second-order valence-corrected chi connectivity index (χ2v) is 3.92. The van der Waals surface area contributed by atoms with E-state index in [1.54, 1.807) is 0 Å². The van der Waals surface area contributed by atoms with Gasteiger partial charge in [-0.15, -0.1) is 0 Å². The van der Waals surface area contributed by atoms with Crippen molar-refractivity contribution in [3.05, 3.63) is 29.6 Å². The summed E-state index contributed by atoms with van der Waals surface area (Å²) in [4.78, 5) is 0.